The number of hydrogen-bond donors (Lipinski definition) is 2. The first kappa shape index (κ1) is 12.9. The van der Waals surface area contributed by atoms with E-state index in [1.54, 1.807) is 0 Å². The minimum atomic E-state index is -0.501. The number of aryl methyl sites for hydroxylation is 1. The van der Waals surface area contributed by atoms with E-state index in [2.05, 4.69) is 20.2 Å². The third-order valence-corrected chi connectivity index (χ3v) is 2.46. The molecule has 0 aliphatic heterocycles. The van der Waals surface area contributed by atoms with Gasteiger partial charge in [-0.25, -0.2) is 9.78 Å². The Labute approximate surface area is 109 Å². The number of nitrogens with one attached hydrogen (secondary N) is 1. The average Bonchev–Trinajstić information content (AvgIpc) is 2.83. The predicted molar refractivity (Wildman–Crippen MR) is 68.6 cm³/mol. The maximum absolute atomic E-state index is 11.5. The highest BCUT2D eigenvalue weighted by molar-refractivity contribution is 5.95. The highest BCUT2D eigenvalue weighted by Crippen LogP contribution is 2.16. The summed E-state index contributed by atoms with van der Waals surface area (Å²) in [7, 11) is 1.30. The minimum absolute atomic E-state index is 0.271. The number of rotatable bonds is 4. The molecule has 7 heteroatoms. The van der Waals surface area contributed by atoms with Crippen LogP contribution in [0.3, 0.4) is 0 Å². The molecular weight excluding hydrogens is 248 g/mol. The maximum Gasteiger partial charge on any atom is 0.340 e. The van der Waals surface area contributed by atoms with Crippen LogP contribution >= 0.6 is 0 Å². The molecule has 7 nitrogen and oxygen atoms in total. The van der Waals surface area contributed by atoms with Crippen molar-refractivity contribution >= 4 is 17.5 Å². The van der Waals surface area contributed by atoms with Gasteiger partial charge in [-0.2, -0.15) is 0 Å². The van der Waals surface area contributed by atoms with Crippen LogP contribution in [0.25, 0.3) is 0 Å². The zero-order chi connectivity index (χ0) is 13.8. The van der Waals surface area contributed by atoms with Gasteiger partial charge in [-0.05, 0) is 13.0 Å². The van der Waals surface area contributed by atoms with Crippen LogP contribution in [0.4, 0.5) is 11.5 Å². The van der Waals surface area contributed by atoms with Gasteiger partial charge in [0, 0.05) is 6.07 Å². The number of esters is 1. The molecule has 0 amide bonds. The van der Waals surface area contributed by atoms with Gasteiger partial charge in [0.25, 0.3) is 0 Å². The summed E-state index contributed by atoms with van der Waals surface area (Å²) in [6, 6.07) is 3.34. The number of carbonyl (C=O) groups is 1. The summed E-state index contributed by atoms with van der Waals surface area (Å²) in [5.74, 6) is 0.679. The molecule has 0 saturated heterocycles. The summed E-state index contributed by atoms with van der Waals surface area (Å²) < 4.78 is 9.69. The first-order valence-electron chi connectivity index (χ1n) is 5.60. The summed E-state index contributed by atoms with van der Waals surface area (Å²) in [6.07, 6.45) is 1.40. The van der Waals surface area contributed by atoms with Gasteiger partial charge in [-0.1, -0.05) is 5.16 Å². The quantitative estimate of drug-likeness (QED) is 0.801. The lowest BCUT2D eigenvalue weighted by atomic mass is 10.2. The average molecular weight is 262 g/mol. The molecule has 2 aromatic heterocycles. The monoisotopic (exact) mass is 262 g/mol. The van der Waals surface area contributed by atoms with Crippen LogP contribution in [0.15, 0.2) is 22.9 Å². The van der Waals surface area contributed by atoms with E-state index in [0.717, 1.165) is 5.69 Å². The normalized spacial score (nSPS) is 10.2. The largest absolute Gasteiger partial charge is 0.465 e. The number of nitrogens with zero attached hydrogens (tertiary/aromatic N) is 2. The first-order chi connectivity index (χ1) is 9.10. The van der Waals surface area contributed by atoms with Crippen molar-refractivity contribution in [2.75, 3.05) is 18.2 Å². The van der Waals surface area contributed by atoms with Crippen molar-refractivity contribution in [3.8, 4) is 0 Å². The van der Waals surface area contributed by atoms with Crippen LogP contribution in [0.2, 0.25) is 0 Å². The van der Waals surface area contributed by atoms with Crippen molar-refractivity contribution in [3.05, 3.63) is 35.3 Å². The molecule has 0 atom stereocenters. The maximum atomic E-state index is 11.5. The van der Waals surface area contributed by atoms with E-state index in [-0.39, 0.29) is 11.3 Å². The molecule has 2 aromatic rings. The standard InChI is InChI=1S/C12H14N4O3/c1-7-3-8(19-16-7)5-14-11-4-9(12(17)18-2)10(13)6-15-11/h3-4,6H,5,13H2,1-2H3,(H,14,15). The Balaban J connectivity index is 2.10. The Morgan fingerprint density at radius 3 is 2.95 bits per heavy atom. The fourth-order valence-electron chi connectivity index (χ4n) is 1.53. The van der Waals surface area contributed by atoms with Crippen LogP contribution in [0.5, 0.6) is 0 Å². The molecule has 0 aliphatic carbocycles. The number of carbonyl (C=O) groups excluding carboxylic acids is 1. The molecule has 0 aliphatic rings. The van der Waals surface area contributed by atoms with E-state index >= 15 is 0 Å². The highest BCUT2D eigenvalue weighted by atomic mass is 16.5. The van der Waals surface area contributed by atoms with Crippen molar-refractivity contribution in [3.63, 3.8) is 0 Å². The Morgan fingerprint density at radius 1 is 1.53 bits per heavy atom. The zero-order valence-corrected chi connectivity index (χ0v) is 10.6. The van der Waals surface area contributed by atoms with E-state index in [1.807, 2.05) is 13.0 Å². The number of nitrogens with two attached hydrogens (primary N) is 1. The van der Waals surface area contributed by atoms with Crippen LogP contribution in [0, 0.1) is 6.92 Å². The Hall–Kier alpha value is -2.57. The van der Waals surface area contributed by atoms with Crippen molar-refractivity contribution in [2.45, 2.75) is 13.5 Å². The smallest absolute Gasteiger partial charge is 0.340 e. The van der Waals surface area contributed by atoms with Crippen molar-refractivity contribution in [2.24, 2.45) is 0 Å². The molecule has 19 heavy (non-hydrogen) atoms. The van der Waals surface area contributed by atoms with Crippen LogP contribution in [-0.4, -0.2) is 23.2 Å². The molecule has 0 bridgehead atoms. The Bertz CT molecular complexity index is 594. The molecule has 0 aromatic carbocycles. The molecule has 0 saturated carbocycles. The Morgan fingerprint density at radius 2 is 2.32 bits per heavy atom. The fourth-order valence-corrected chi connectivity index (χ4v) is 1.53. The van der Waals surface area contributed by atoms with Gasteiger partial charge in [0.05, 0.1) is 36.8 Å². The molecule has 2 rings (SSSR count). The topological polar surface area (TPSA) is 103 Å². The molecule has 0 radical (unpaired) electrons. The van der Waals surface area contributed by atoms with Crippen LogP contribution in [0.1, 0.15) is 21.8 Å². The molecule has 0 unspecified atom stereocenters. The van der Waals surface area contributed by atoms with Crippen LogP contribution in [-0.2, 0) is 11.3 Å². The van der Waals surface area contributed by atoms with Gasteiger partial charge in [-0.3, -0.25) is 0 Å². The second kappa shape index (κ2) is 5.38. The van der Waals surface area contributed by atoms with Gasteiger partial charge in [-0.15, -0.1) is 0 Å². The predicted octanol–water partition coefficient (Wildman–Crippen LogP) is 1.36. The molecule has 100 valence electrons. The number of methoxy groups -OCH3 is 1. The van der Waals surface area contributed by atoms with Gasteiger partial charge < -0.3 is 20.3 Å². The lowest BCUT2D eigenvalue weighted by Gasteiger charge is -2.07. The highest BCUT2D eigenvalue weighted by Gasteiger charge is 2.11. The fraction of sp³-hybridized carbons (Fsp3) is 0.250. The van der Waals surface area contributed by atoms with Gasteiger partial charge in [0.15, 0.2) is 5.76 Å². The van der Waals surface area contributed by atoms with E-state index in [0.29, 0.717) is 18.1 Å². The summed E-state index contributed by atoms with van der Waals surface area (Å²) >= 11 is 0. The third kappa shape index (κ3) is 3.01. The number of nitrogen functional groups attached to an aromatic ring is 1. The van der Waals surface area contributed by atoms with E-state index < -0.39 is 5.97 Å². The summed E-state index contributed by atoms with van der Waals surface area (Å²) in [5, 5.41) is 6.79. The minimum Gasteiger partial charge on any atom is -0.465 e. The molecule has 2 heterocycles. The number of aromatic nitrogens is 2. The second-order valence-electron chi connectivity index (χ2n) is 3.94. The third-order valence-electron chi connectivity index (χ3n) is 2.46. The molecule has 0 spiro atoms. The summed E-state index contributed by atoms with van der Waals surface area (Å²) in [5.41, 5.74) is 7.00. The summed E-state index contributed by atoms with van der Waals surface area (Å²) in [4.78, 5) is 15.5. The van der Waals surface area contributed by atoms with Crippen molar-refractivity contribution in [1.82, 2.24) is 10.1 Å². The van der Waals surface area contributed by atoms with Crippen LogP contribution < -0.4 is 11.1 Å². The number of pyridine rings is 1. The molecular formula is C12H14N4O3. The van der Waals surface area contributed by atoms with Gasteiger partial charge in [0.1, 0.15) is 5.82 Å². The molecule has 3 N–H and O–H groups in total. The zero-order valence-electron chi connectivity index (χ0n) is 10.6. The lowest BCUT2D eigenvalue weighted by molar-refractivity contribution is 0.0602. The van der Waals surface area contributed by atoms with Gasteiger partial charge in [0.2, 0.25) is 0 Å². The first-order valence-corrected chi connectivity index (χ1v) is 5.60. The Kier molecular flexibility index (Phi) is 3.65. The summed E-state index contributed by atoms with van der Waals surface area (Å²) in [6.45, 7) is 2.25. The van der Waals surface area contributed by atoms with Gasteiger partial charge >= 0.3 is 5.97 Å². The number of anilines is 2. The van der Waals surface area contributed by atoms with Crippen molar-refractivity contribution < 1.29 is 14.1 Å². The van der Waals surface area contributed by atoms with E-state index in [9.17, 15) is 4.79 Å². The lowest BCUT2D eigenvalue weighted by Crippen LogP contribution is -2.08. The second-order valence-corrected chi connectivity index (χ2v) is 3.94. The van der Waals surface area contributed by atoms with Crippen molar-refractivity contribution in [1.29, 1.82) is 0 Å². The number of ether oxygens (including phenoxy) is 1. The molecule has 0 fully saturated rings. The number of hydrogen-bond acceptors (Lipinski definition) is 7. The van der Waals surface area contributed by atoms with E-state index in [1.165, 1.54) is 19.4 Å². The van der Waals surface area contributed by atoms with E-state index in [4.69, 9.17) is 10.3 Å². The SMILES string of the molecule is COC(=O)c1cc(NCc2cc(C)no2)ncc1N.